The highest BCUT2D eigenvalue weighted by Crippen LogP contribution is 1.96. The third kappa shape index (κ3) is 5.76. The van der Waals surface area contributed by atoms with Gasteiger partial charge >= 0.3 is 0 Å². The molecule has 0 rings (SSSR count). The number of rotatable bonds is 6. The molecule has 0 N–H and O–H groups in total. The molecule has 0 aliphatic rings. The lowest BCUT2D eigenvalue weighted by Crippen LogP contribution is -2.03. The number of hydrogen-bond donors (Lipinski definition) is 0. The standard InChI is InChI=1S/C8H16O2/c1-3-5-10-6-4-8(2)7-9/h7-8H,3-6H2,1-2H3. The molecule has 1 unspecified atom stereocenters. The van der Waals surface area contributed by atoms with Crippen molar-refractivity contribution < 1.29 is 9.53 Å². The summed E-state index contributed by atoms with van der Waals surface area (Å²) in [5.74, 6) is 0.150. The molecule has 2 nitrogen and oxygen atoms in total. The van der Waals surface area contributed by atoms with Crippen LogP contribution in [-0.2, 0) is 9.53 Å². The summed E-state index contributed by atoms with van der Waals surface area (Å²) in [5, 5.41) is 0. The van der Waals surface area contributed by atoms with E-state index in [1.54, 1.807) is 0 Å². The summed E-state index contributed by atoms with van der Waals surface area (Å²) in [4.78, 5) is 10.1. The first-order valence-corrected chi connectivity index (χ1v) is 3.84. The van der Waals surface area contributed by atoms with Crippen LogP contribution in [0.1, 0.15) is 26.7 Å². The Labute approximate surface area is 62.6 Å². The molecule has 0 spiro atoms. The van der Waals surface area contributed by atoms with Crippen molar-refractivity contribution in [1.82, 2.24) is 0 Å². The zero-order valence-electron chi connectivity index (χ0n) is 6.80. The maximum atomic E-state index is 10.1. The number of hydrogen-bond acceptors (Lipinski definition) is 2. The lowest BCUT2D eigenvalue weighted by atomic mass is 10.1. The van der Waals surface area contributed by atoms with Crippen molar-refractivity contribution >= 4 is 6.29 Å². The molecule has 0 fully saturated rings. The minimum absolute atomic E-state index is 0.150. The van der Waals surface area contributed by atoms with Crippen molar-refractivity contribution in [2.75, 3.05) is 13.2 Å². The molecule has 10 heavy (non-hydrogen) atoms. The van der Waals surface area contributed by atoms with Gasteiger partial charge in [-0.1, -0.05) is 13.8 Å². The summed E-state index contributed by atoms with van der Waals surface area (Å²) >= 11 is 0. The maximum absolute atomic E-state index is 10.1. The van der Waals surface area contributed by atoms with E-state index in [2.05, 4.69) is 6.92 Å². The number of carbonyl (C=O) groups excluding carboxylic acids is 1. The highest BCUT2D eigenvalue weighted by atomic mass is 16.5. The minimum atomic E-state index is 0.150. The van der Waals surface area contributed by atoms with Gasteiger partial charge in [0.05, 0.1) is 0 Å². The Balaban J connectivity index is 2.95. The Morgan fingerprint density at radius 2 is 2.20 bits per heavy atom. The fourth-order valence-electron chi connectivity index (χ4n) is 0.584. The molecule has 0 aromatic heterocycles. The van der Waals surface area contributed by atoms with E-state index < -0.39 is 0 Å². The second-order valence-corrected chi connectivity index (χ2v) is 2.51. The van der Waals surface area contributed by atoms with Gasteiger partial charge in [-0.3, -0.25) is 0 Å². The molecule has 0 bridgehead atoms. The summed E-state index contributed by atoms with van der Waals surface area (Å²) in [6.45, 7) is 5.50. The van der Waals surface area contributed by atoms with Crippen LogP contribution in [0.4, 0.5) is 0 Å². The highest BCUT2D eigenvalue weighted by Gasteiger charge is 1.97. The zero-order chi connectivity index (χ0) is 7.82. The average molecular weight is 144 g/mol. The van der Waals surface area contributed by atoms with Crippen LogP contribution in [0, 0.1) is 5.92 Å². The van der Waals surface area contributed by atoms with Gasteiger partial charge < -0.3 is 9.53 Å². The van der Waals surface area contributed by atoms with Crippen LogP contribution < -0.4 is 0 Å². The van der Waals surface area contributed by atoms with Crippen molar-refractivity contribution in [2.24, 2.45) is 5.92 Å². The first kappa shape index (κ1) is 9.63. The van der Waals surface area contributed by atoms with Gasteiger partial charge in [0.25, 0.3) is 0 Å². The summed E-state index contributed by atoms with van der Waals surface area (Å²) < 4.78 is 5.20. The lowest BCUT2D eigenvalue weighted by molar-refractivity contribution is -0.111. The minimum Gasteiger partial charge on any atom is -0.381 e. The van der Waals surface area contributed by atoms with Gasteiger partial charge in [0.15, 0.2) is 0 Å². The highest BCUT2D eigenvalue weighted by molar-refractivity contribution is 5.52. The van der Waals surface area contributed by atoms with Gasteiger partial charge in [0, 0.05) is 19.1 Å². The number of aldehydes is 1. The van der Waals surface area contributed by atoms with E-state index in [9.17, 15) is 4.79 Å². The molecule has 0 radical (unpaired) electrons. The molecule has 0 aliphatic heterocycles. The Morgan fingerprint density at radius 3 is 2.70 bits per heavy atom. The summed E-state index contributed by atoms with van der Waals surface area (Å²) in [5.41, 5.74) is 0. The monoisotopic (exact) mass is 144 g/mol. The maximum Gasteiger partial charge on any atom is 0.122 e. The Kier molecular flexibility index (Phi) is 6.50. The molecule has 0 aromatic rings. The molecule has 0 saturated carbocycles. The molecular weight excluding hydrogens is 128 g/mol. The van der Waals surface area contributed by atoms with Crippen molar-refractivity contribution in [3.8, 4) is 0 Å². The van der Waals surface area contributed by atoms with Crippen molar-refractivity contribution in [1.29, 1.82) is 0 Å². The van der Waals surface area contributed by atoms with Crippen LogP contribution >= 0.6 is 0 Å². The van der Waals surface area contributed by atoms with E-state index in [1.807, 2.05) is 6.92 Å². The third-order valence-electron chi connectivity index (χ3n) is 1.30. The first-order valence-electron chi connectivity index (χ1n) is 3.84. The fraction of sp³-hybridized carbons (Fsp3) is 0.875. The van der Waals surface area contributed by atoms with Crippen LogP contribution in [0.15, 0.2) is 0 Å². The SMILES string of the molecule is CCCOCCC(C)C=O. The van der Waals surface area contributed by atoms with Crippen LogP contribution in [0.5, 0.6) is 0 Å². The number of carbonyl (C=O) groups is 1. The quantitative estimate of drug-likeness (QED) is 0.418. The Bertz CT molecular complexity index is 81.3. The number of ether oxygens (including phenoxy) is 1. The van der Waals surface area contributed by atoms with Crippen LogP contribution in [0.25, 0.3) is 0 Å². The topological polar surface area (TPSA) is 26.3 Å². The lowest BCUT2D eigenvalue weighted by Gasteiger charge is -2.03. The van der Waals surface area contributed by atoms with Crippen molar-refractivity contribution in [3.63, 3.8) is 0 Å². The summed E-state index contributed by atoms with van der Waals surface area (Å²) in [7, 11) is 0. The molecule has 0 amide bonds. The van der Waals surface area contributed by atoms with Crippen LogP contribution in [0.2, 0.25) is 0 Å². The molecule has 0 saturated heterocycles. The van der Waals surface area contributed by atoms with Gasteiger partial charge in [0.1, 0.15) is 6.29 Å². The van der Waals surface area contributed by atoms with E-state index in [0.29, 0.717) is 6.61 Å². The van der Waals surface area contributed by atoms with Gasteiger partial charge in [-0.05, 0) is 12.8 Å². The normalized spacial score (nSPS) is 13.0. The zero-order valence-corrected chi connectivity index (χ0v) is 6.80. The predicted octanol–water partition coefficient (Wildman–Crippen LogP) is 1.64. The van der Waals surface area contributed by atoms with Crippen LogP contribution in [0.3, 0.4) is 0 Å². The third-order valence-corrected chi connectivity index (χ3v) is 1.30. The van der Waals surface area contributed by atoms with Gasteiger partial charge in [-0.15, -0.1) is 0 Å². The molecule has 60 valence electrons. The summed E-state index contributed by atoms with van der Waals surface area (Å²) in [6, 6.07) is 0. The molecule has 2 heteroatoms. The van der Waals surface area contributed by atoms with Gasteiger partial charge in [-0.25, -0.2) is 0 Å². The smallest absolute Gasteiger partial charge is 0.122 e. The second-order valence-electron chi connectivity index (χ2n) is 2.51. The van der Waals surface area contributed by atoms with E-state index >= 15 is 0 Å². The van der Waals surface area contributed by atoms with E-state index in [-0.39, 0.29) is 5.92 Å². The van der Waals surface area contributed by atoms with E-state index in [1.165, 1.54) is 0 Å². The van der Waals surface area contributed by atoms with Crippen molar-refractivity contribution in [2.45, 2.75) is 26.7 Å². The van der Waals surface area contributed by atoms with Gasteiger partial charge in [0.2, 0.25) is 0 Å². The first-order chi connectivity index (χ1) is 4.81. The molecule has 1 atom stereocenters. The molecule has 0 aliphatic carbocycles. The Morgan fingerprint density at radius 1 is 1.50 bits per heavy atom. The molecule has 0 aromatic carbocycles. The fourth-order valence-corrected chi connectivity index (χ4v) is 0.584. The molecule has 0 heterocycles. The second kappa shape index (κ2) is 6.75. The molecular formula is C8H16O2. The van der Waals surface area contributed by atoms with Gasteiger partial charge in [-0.2, -0.15) is 0 Å². The van der Waals surface area contributed by atoms with E-state index in [0.717, 1.165) is 25.7 Å². The van der Waals surface area contributed by atoms with Crippen LogP contribution in [-0.4, -0.2) is 19.5 Å². The average Bonchev–Trinajstić information content (AvgIpc) is 1.98. The predicted molar refractivity (Wildman–Crippen MR) is 41.0 cm³/mol. The summed E-state index contributed by atoms with van der Waals surface area (Å²) in [6.07, 6.45) is 2.87. The largest absolute Gasteiger partial charge is 0.381 e. The van der Waals surface area contributed by atoms with Crippen molar-refractivity contribution in [3.05, 3.63) is 0 Å². The Hall–Kier alpha value is -0.370. The van der Waals surface area contributed by atoms with E-state index in [4.69, 9.17) is 4.74 Å².